The van der Waals surface area contributed by atoms with E-state index in [1.807, 2.05) is 20.8 Å². The summed E-state index contributed by atoms with van der Waals surface area (Å²) in [5, 5.41) is 22.4. The first-order valence-corrected chi connectivity index (χ1v) is 14.0. The molecule has 4 bridgehead atoms. The minimum Gasteiger partial charge on any atom is -0.481 e. The zero-order valence-corrected chi connectivity index (χ0v) is 22.2. The summed E-state index contributed by atoms with van der Waals surface area (Å²) in [6, 6.07) is 0. The van der Waals surface area contributed by atoms with Crippen LogP contribution >= 0.6 is 0 Å². The van der Waals surface area contributed by atoms with Crippen molar-refractivity contribution < 1.29 is 34.0 Å². The summed E-state index contributed by atoms with van der Waals surface area (Å²) in [5.74, 6) is 0.0776. The maximum absolute atomic E-state index is 13.6. The summed E-state index contributed by atoms with van der Waals surface area (Å²) in [5.41, 5.74) is -2.01. The quantitative estimate of drug-likeness (QED) is 0.422. The molecule has 36 heavy (non-hydrogen) atoms. The van der Waals surface area contributed by atoms with Gasteiger partial charge in [-0.1, -0.05) is 45.8 Å². The van der Waals surface area contributed by atoms with Crippen LogP contribution in [-0.2, 0) is 23.8 Å². The number of hydrogen-bond donors (Lipinski definition) is 2. The number of hydrogen-bond acceptors (Lipinski definition) is 6. The molecule has 0 aromatic carbocycles. The first-order valence-electron chi connectivity index (χ1n) is 14.0. The number of carbonyl (C=O) groups excluding carboxylic acids is 1. The van der Waals surface area contributed by atoms with Crippen LogP contribution in [0.3, 0.4) is 0 Å². The number of aliphatic carboxylic acids is 1. The Morgan fingerprint density at radius 1 is 1.22 bits per heavy atom. The molecule has 0 amide bonds. The zero-order valence-electron chi connectivity index (χ0n) is 22.2. The van der Waals surface area contributed by atoms with Gasteiger partial charge in [0, 0.05) is 11.3 Å². The van der Waals surface area contributed by atoms with Gasteiger partial charge in [-0.3, -0.25) is 4.79 Å². The average molecular weight is 503 g/mol. The molecule has 2 aliphatic heterocycles. The lowest BCUT2D eigenvalue weighted by Gasteiger charge is -2.58. The second-order valence-electron chi connectivity index (χ2n) is 13.3. The molecule has 2 heterocycles. The fourth-order valence-electron chi connectivity index (χ4n) is 10.3. The lowest BCUT2D eigenvalue weighted by Crippen LogP contribution is -2.64. The molecule has 2 saturated heterocycles. The predicted molar refractivity (Wildman–Crippen MR) is 131 cm³/mol. The molecule has 5 fully saturated rings. The zero-order chi connectivity index (χ0) is 25.8. The standard InChI is InChI=1S/C29H42O7/c1-14(2)21-8-18-9-27(12-30)20-7-6-15(3)19(20)10-28(18,29(21,27)26(32)33)13-35-25-23(31)22-16(4)11-34-24(22)17(5)36-25/h8,12,14-20,22-25,31H,6-7,9-11,13H2,1-5H3,(H,32,33)/t15-,16-,17-,18-,19-,20-,22+,23+,24-,25-,27+,28?,29?/m1/s1. The number of carbonyl (C=O) groups is 2. The van der Waals surface area contributed by atoms with Crippen LogP contribution in [0.1, 0.15) is 60.3 Å². The molecule has 4 aliphatic carbocycles. The van der Waals surface area contributed by atoms with Crippen LogP contribution in [0.25, 0.3) is 0 Å². The average Bonchev–Trinajstić information content (AvgIpc) is 3.53. The summed E-state index contributed by atoms with van der Waals surface area (Å²) in [6.45, 7) is 11.1. The summed E-state index contributed by atoms with van der Waals surface area (Å²) in [6.07, 6.45) is 4.43. The fraction of sp³-hybridized carbons (Fsp3) is 0.862. The number of ether oxygens (including phenoxy) is 3. The van der Waals surface area contributed by atoms with E-state index in [-0.39, 0.29) is 48.4 Å². The van der Waals surface area contributed by atoms with Crippen LogP contribution in [0.4, 0.5) is 0 Å². The highest BCUT2D eigenvalue weighted by molar-refractivity contribution is 5.90. The molecule has 6 rings (SSSR count). The van der Waals surface area contributed by atoms with Crippen LogP contribution in [0, 0.1) is 57.7 Å². The van der Waals surface area contributed by atoms with Crippen LogP contribution < -0.4 is 0 Å². The van der Waals surface area contributed by atoms with Crippen molar-refractivity contribution in [2.24, 2.45) is 57.7 Å². The Bertz CT molecular complexity index is 977. The van der Waals surface area contributed by atoms with E-state index in [0.717, 1.165) is 31.1 Å². The lowest BCUT2D eigenvalue weighted by atomic mass is 9.43. The van der Waals surface area contributed by atoms with Gasteiger partial charge in [-0.25, -0.2) is 0 Å². The maximum atomic E-state index is 13.6. The SMILES string of the molecule is CC(C)C1=C[C@@H]2C[C@]3(C=O)[C@@H]4CC[C@@H](C)[C@H]4CC2(CO[C@@H]2O[C@H](C)[C@H]4OC[C@@H](C)[C@H]4[C@@H]2O)C13C(=O)O. The predicted octanol–water partition coefficient (Wildman–Crippen LogP) is 3.68. The molecule has 2 unspecified atom stereocenters. The molecule has 3 saturated carbocycles. The van der Waals surface area contributed by atoms with Crippen LogP contribution in [-0.4, -0.2) is 60.3 Å². The van der Waals surface area contributed by atoms with E-state index in [1.54, 1.807) is 0 Å². The summed E-state index contributed by atoms with van der Waals surface area (Å²) in [7, 11) is 0. The van der Waals surface area contributed by atoms with Gasteiger partial charge in [0.1, 0.15) is 17.8 Å². The number of aliphatic hydroxyl groups is 1. The van der Waals surface area contributed by atoms with E-state index in [4.69, 9.17) is 14.2 Å². The number of aldehydes is 1. The van der Waals surface area contributed by atoms with Gasteiger partial charge < -0.3 is 29.2 Å². The van der Waals surface area contributed by atoms with Gasteiger partial charge in [0.2, 0.25) is 0 Å². The molecule has 0 aromatic rings. The van der Waals surface area contributed by atoms with Crippen molar-refractivity contribution in [1.82, 2.24) is 0 Å². The number of rotatable bonds is 6. The third-order valence-electron chi connectivity index (χ3n) is 11.7. The summed E-state index contributed by atoms with van der Waals surface area (Å²) < 4.78 is 18.5. The number of carboxylic acid groups (broad SMARTS) is 1. The van der Waals surface area contributed by atoms with Gasteiger partial charge in [0.25, 0.3) is 0 Å². The topological polar surface area (TPSA) is 102 Å². The molecule has 0 spiro atoms. The fourth-order valence-corrected chi connectivity index (χ4v) is 10.3. The molecular weight excluding hydrogens is 460 g/mol. The normalized spacial score (nSPS) is 54.9. The molecule has 0 radical (unpaired) electrons. The smallest absolute Gasteiger partial charge is 0.315 e. The van der Waals surface area contributed by atoms with E-state index >= 15 is 0 Å². The van der Waals surface area contributed by atoms with E-state index < -0.39 is 34.6 Å². The Morgan fingerprint density at radius 3 is 2.64 bits per heavy atom. The second-order valence-corrected chi connectivity index (χ2v) is 13.3. The van der Waals surface area contributed by atoms with Crippen LogP contribution in [0.15, 0.2) is 11.6 Å². The summed E-state index contributed by atoms with van der Waals surface area (Å²) in [4.78, 5) is 26.7. The van der Waals surface area contributed by atoms with E-state index in [0.29, 0.717) is 24.9 Å². The first kappa shape index (κ1) is 25.0. The van der Waals surface area contributed by atoms with Gasteiger partial charge in [-0.05, 0) is 61.7 Å². The highest BCUT2D eigenvalue weighted by atomic mass is 16.7. The Balaban J connectivity index is 1.40. The molecule has 7 heteroatoms. The third kappa shape index (κ3) is 2.73. The van der Waals surface area contributed by atoms with Crippen molar-refractivity contribution in [3.05, 3.63) is 11.6 Å². The first-order chi connectivity index (χ1) is 17.1. The molecule has 200 valence electrons. The monoisotopic (exact) mass is 502 g/mol. The Morgan fingerprint density at radius 2 is 1.97 bits per heavy atom. The molecular formula is C29H42O7. The van der Waals surface area contributed by atoms with Crippen LogP contribution in [0.5, 0.6) is 0 Å². The molecule has 6 aliphatic rings. The number of fused-ring (bicyclic) bond motifs is 3. The Kier molecular flexibility index (Phi) is 5.64. The van der Waals surface area contributed by atoms with Gasteiger partial charge in [0.05, 0.1) is 30.8 Å². The van der Waals surface area contributed by atoms with Crippen molar-refractivity contribution >= 4 is 12.3 Å². The molecule has 7 nitrogen and oxygen atoms in total. The molecule has 2 N–H and O–H groups in total. The van der Waals surface area contributed by atoms with Crippen molar-refractivity contribution in [1.29, 1.82) is 0 Å². The van der Waals surface area contributed by atoms with E-state index in [2.05, 4.69) is 19.9 Å². The lowest BCUT2D eigenvalue weighted by molar-refractivity contribution is -0.289. The number of aliphatic hydroxyl groups excluding tert-OH is 1. The molecule has 0 aromatic heterocycles. The highest BCUT2D eigenvalue weighted by Gasteiger charge is 2.84. The van der Waals surface area contributed by atoms with Crippen molar-refractivity contribution in [2.75, 3.05) is 13.2 Å². The van der Waals surface area contributed by atoms with E-state index in [1.165, 1.54) is 0 Å². The largest absolute Gasteiger partial charge is 0.481 e. The Labute approximate surface area is 213 Å². The van der Waals surface area contributed by atoms with E-state index in [9.17, 15) is 19.8 Å². The highest BCUT2D eigenvalue weighted by Crippen LogP contribution is 2.82. The minimum atomic E-state index is -1.27. The second kappa shape index (κ2) is 8.11. The van der Waals surface area contributed by atoms with Gasteiger partial charge in [-0.2, -0.15) is 0 Å². The van der Waals surface area contributed by atoms with Crippen LogP contribution in [0.2, 0.25) is 0 Å². The summed E-state index contributed by atoms with van der Waals surface area (Å²) >= 11 is 0. The van der Waals surface area contributed by atoms with Gasteiger partial charge in [-0.15, -0.1) is 0 Å². The van der Waals surface area contributed by atoms with Crippen molar-refractivity contribution in [3.8, 4) is 0 Å². The maximum Gasteiger partial charge on any atom is 0.315 e. The Hall–Kier alpha value is -1.28. The van der Waals surface area contributed by atoms with Crippen molar-refractivity contribution in [3.63, 3.8) is 0 Å². The number of allylic oxidation sites excluding steroid dienone is 1. The third-order valence-corrected chi connectivity index (χ3v) is 11.7. The number of carboxylic acids is 1. The molecule has 13 atom stereocenters. The minimum absolute atomic E-state index is 0.0225. The van der Waals surface area contributed by atoms with Gasteiger partial charge in [0.15, 0.2) is 6.29 Å². The van der Waals surface area contributed by atoms with Crippen molar-refractivity contribution in [2.45, 2.75) is 84.9 Å². The van der Waals surface area contributed by atoms with Gasteiger partial charge >= 0.3 is 5.97 Å².